The lowest BCUT2D eigenvalue weighted by atomic mass is 10.1. The molecule has 0 aliphatic carbocycles. The summed E-state index contributed by atoms with van der Waals surface area (Å²) in [6.45, 7) is 5.39. The fourth-order valence-electron chi connectivity index (χ4n) is 2.99. The number of aliphatic hydroxyl groups is 1. The molecule has 1 aliphatic rings. The molecule has 0 aromatic carbocycles. The Hall–Kier alpha value is -1.52. The number of ether oxygens (including phenoxy) is 2. The first kappa shape index (κ1) is 19.2. The number of aliphatic hydroxyl groups excluding tert-OH is 1. The summed E-state index contributed by atoms with van der Waals surface area (Å²) in [5, 5.41) is 24.7. The maximum Gasteiger partial charge on any atom is 0.226 e. The van der Waals surface area contributed by atoms with E-state index < -0.39 is 24.2 Å². The second-order valence-corrected chi connectivity index (χ2v) is 7.03. The van der Waals surface area contributed by atoms with Gasteiger partial charge in [-0.05, 0) is 23.8 Å². The van der Waals surface area contributed by atoms with Gasteiger partial charge in [-0.25, -0.2) is 4.98 Å². The molecule has 2 N–H and O–H groups in total. The van der Waals surface area contributed by atoms with Crippen molar-refractivity contribution in [3.63, 3.8) is 0 Å². The van der Waals surface area contributed by atoms with Crippen LogP contribution in [0.3, 0.4) is 0 Å². The van der Waals surface area contributed by atoms with Gasteiger partial charge in [0.15, 0.2) is 17.0 Å². The van der Waals surface area contributed by atoms with Crippen molar-refractivity contribution in [2.75, 3.05) is 18.5 Å². The number of hydrogen-bond acceptors (Lipinski definition) is 8. The molecular weight excluding hydrogens is 362 g/mol. The van der Waals surface area contributed by atoms with Gasteiger partial charge in [0.2, 0.25) is 5.28 Å². The number of halogens is 1. The molecule has 3 heterocycles. The van der Waals surface area contributed by atoms with Gasteiger partial charge >= 0.3 is 0 Å². The van der Waals surface area contributed by atoms with Gasteiger partial charge in [0.25, 0.3) is 0 Å². The highest BCUT2D eigenvalue weighted by molar-refractivity contribution is 6.28. The molecule has 10 heteroatoms. The van der Waals surface area contributed by atoms with Crippen LogP contribution in [0.25, 0.3) is 11.2 Å². The molecule has 0 unspecified atom stereocenters. The van der Waals surface area contributed by atoms with Crippen molar-refractivity contribution >= 4 is 28.6 Å². The Balaban J connectivity index is 1.90. The summed E-state index contributed by atoms with van der Waals surface area (Å²) in [6.07, 6.45) is 1.32. The smallest absolute Gasteiger partial charge is 0.226 e. The van der Waals surface area contributed by atoms with Crippen molar-refractivity contribution in [1.29, 1.82) is 0 Å². The summed E-state index contributed by atoms with van der Waals surface area (Å²) in [6, 6.07) is 0. The average Bonchev–Trinajstić information content (AvgIpc) is 3.14. The SMILES string of the molecule is CCCNc1nc(Cl)nc2c1ncn2[C@H]1C[C@H](OC(C)(C)[O-])[C@@H](CO)O1. The number of imidazole rings is 1. The van der Waals surface area contributed by atoms with E-state index in [1.54, 1.807) is 10.9 Å². The number of nitrogens with one attached hydrogen (secondary N) is 1. The third kappa shape index (κ3) is 4.07. The molecule has 2 aromatic rings. The summed E-state index contributed by atoms with van der Waals surface area (Å²) in [5.74, 6) is -1.01. The third-order valence-corrected chi connectivity index (χ3v) is 4.21. The number of nitrogens with zero attached hydrogens (tertiary/aromatic N) is 4. The lowest BCUT2D eigenvalue weighted by Crippen LogP contribution is -2.45. The predicted molar refractivity (Wildman–Crippen MR) is 93.7 cm³/mol. The van der Waals surface area contributed by atoms with Gasteiger partial charge < -0.3 is 25.0 Å². The number of hydrogen-bond donors (Lipinski definition) is 2. The Kier molecular flexibility index (Phi) is 5.64. The van der Waals surface area contributed by atoms with Crippen LogP contribution in [0.4, 0.5) is 5.82 Å². The van der Waals surface area contributed by atoms with E-state index in [-0.39, 0.29) is 11.9 Å². The number of anilines is 1. The molecule has 1 aliphatic heterocycles. The molecule has 2 aromatic heterocycles. The zero-order valence-electron chi connectivity index (χ0n) is 15.0. The van der Waals surface area contributed by atoms with Gasteiger partial charge in [-0.2, -0.15) is 9.97 Å². The van der Waals surface area contributed by atoms with Crippen LogP contribution < -0.4 is 10.4 Å². The van der Waals surface area contributed by atoms with E-state index in [1.807, 2.05) is 6.92 Å². The zero-order chi connectivity index (χ0) is 18.9. The minimum atomic E-state index is -1.57. The van der Waals surface area contributed by atoms with Crippen molar-refractivity contribution < 1.29 is 19.7 Å². The average molecular weight is 385 g/mol. The normalized spacial score (nSPS) is 23.7. The fourth-order valence-corrected chi connectivity index (χ4v) is 3.16. The molecule has 0 amide bonds. The van der Waals surface area contributed by atoms with Gasteiger partial charge in [-0.1, -0.05) is 20.8 Å². The Morgan fingerprint density at radius 2 is 2.27 bits per heavy atom. The number of aromatic nitrogens is 4. The lowest BCUT2D eigenvalue weighted by molar-refractivity contribution is -0.549. The number of fused-ring (bicyclic) bond motifs is 1. The van der Waals surface area contributed by atoms with Crippen LogP contribution in [-0.4, -0.2) is 55.8 Å². The molecule has 1 saturated heterocycles. The minimum absolute atomic E-state index is 0.100. The summed E-state index contributed by atoms with van der Waals surface area (Å²) >= 11 is 6.06. The van der Waals surface area contributed by atoms with E-state index in [9.17, 15) is 10.2 Å². The number of rotatable bonds is 7. The molecule has 3 rings (SSSR count). The van der Waals surface area contributed by atoms with E-state index in [2.05, 4.69) is 20.3 Å². The third-order valence-electron chi connectivity index (χ3n) is 4.04. The van der Waals surface area contributed by atoms with Crippen LogP contribution in [0.1, 0.15) is 39.8 Å². The van der Waals surface area contributed by atoms with Crippen molar-refractivity contribution in [1.82, 2.24) is 19.5 Å². The van der Waals surface area contributed by atoms with E-state index in [4.69, 9.17) is 21.1 Å². The molecule has 0 saturated carbocycles. The molecule has 0 bridgehead atoms. The molecular formula is C16H23ClN5O4-. The molecule has 26 heavy (non-hydrogen) atoms. The monoisotopic (exact) mass is 384 g/mol. The first-order valence-electron chi connectivity index (χ1n) is 8.61. The minimum Gasteiger partial charge on any atom is -0.829 e. The standard InChI is InChI=1S/C16H23ClN5O4/c1-4-5-18-13-12-14(21-15(17)20-13)22(8-19-12)11-6-9(10(7-23)25-11)26-16(2,3)24/h8-11,23H,4-7H2,1-3H3,(H,18,20,21)/q-1/t9-,10+,11+/m0/s1. The van der Waals surface area contributed by atoms with E-state index in [0.29, 0.717) is 23.4 Å². The van der Waals surface area contributed by atoms with Crippen LogP contribution in [0.15, 0.2) is 6.33 Å². The van der Waals surface area contributed by atoms with Crippen LogP contribution in [0.2, 0.25) is 5.28 Å². The second kappa shape index (κ2) is 7.61. The van der Waals surface area contributed by atoms with Crippen LogP contribution in [0.5, 0.6) is 0 Å². The summed E-state index contributed by atoms with van der Waals surface area (Å²) in [4.78, 5) is 12.8. The van der Waals surface area contributed by atoms with Crippen molar-refractivity contribution in [3.05, 3.63) is 11.6 Å². The predicted octanol–water partition coefficient (Wildman–Crippen LogP) is 1.06. The van der Waals surface area contributed by atoms with Gasteiger partial charge in [-0.3, -0.25) is 4.57 Å². The zero-order valence-corrected chi connectivity index (χ0v) is 15.7. The van der Waals surface area contributed by atoms with Crippen LogP contribution in [-0.2, 0) is 9.47 Å². The fraction of sp³-hybridized carbons (Fsp3) is 0.688. The molecule has 9 nitrogen and oxygen atoms in total. The molecule has 0 radical (unpaired) electrons. The van der Waals surface area contributed by atoms with Gasteiger partial charge in [0, 0.05) is 13.0 Å². The molecule has 1 fully saturated rings. The van der Waals surface area contributed by atoms with E-state index >= 15 is 0 Å². The van der Waals surface area contributed by atoms with Gasteiger partial charge in [0.1, 0.15) is 12.3 Å². The maximum absolute atomic E-state index is 11.9. The first-order valence-corrected chi connectivity index (χ1v) is 8.98. The molecule has 3 atom stereocenters. The highest BCUT2D eigenvalue weighted by atomic mass is 35.5. The van der Waals surface area contributed by atoms with E-state index in [1.165, 1.54) is 13.8 Å². The van der Waals surface area contributed by atoms with Crippen molar-refractivity contribution in [2.24, 2.45) is 0 Å². The quantitative estimate of drug-likeness (QED) is 0.537. The first-order chi connectivity index (χ1) is 12.3. The highest BCUT2D eigenvalue weighted by Crippen LogP contribution is 2.34. The maximum atomic E-state index is 11.9. The van der Waals surface area contributed by atoms with Crippen molar-refractivity contribution in [3.8, 4) is 0 Å². The summed E-state index contributed by atoms with van der Waals surface area (Å²) in [5.41, 5.74) is 1.10. The van der Waals surface area contributed by atoms with Crippen LogP contribution >= 0.6 is 11.6 Å². The Bertz CT molecular complexity index is 763. The Morgan fingerprint density at radius 3 is 2.92 bits per heavy atom. The van der Waals surface area contributed by atoms with Crippen LogP contribution in [0, 0.1) is 0 Å². The highest BCUT2D eigenvalue weighted by Gasteiger charge is 2.38. The van der Waals surface area contributed by atoms with E-state index in [0.717, 1.165) is 13.0 Å². The lowest BCUT2D eigenvalue weighted by Gasteiger charge is -2.36. The topological polar surface area (TPSA) is 117 Å². The van der Waals surface area contributed by atoms with Gasteiger partial charge in [0.05, 0.1) is 19.0 Å². The van der Waals surface area contributed by atoms with Crippen molar-refractivity contribution in [2.45, 2.75) is 57.8 Å². The molecule has 144 valence electrons. The summed E-state index contributed by atoms with van der Waals surface area (Å²) < 4.78 is 13.1. The largest absolute Gasteiger partial charge is 0.829 e. The van der Waals surface area contributed by atoms with Gasteiger partial charge in [-0.15, -0.1) is 0 Å². The molecule has 0 spiro atoms. The second-order valence-electron chi connectivity index (χ2n) is 6.70. The Labute approximate surface area is 156 Å². The Morgan fingerprint density at radius 1 is 1.50 bits per heavy atom. The summed E-state index contributed by atoms with van der Waals surface area (Å²) in [7, 11) is 0.